The Morgan fingerprint density at radius 2 is 1.71 bits per heavy atom. The van der Waals surface area contributed by atoms with Gasteiger partial charge in [-0.25, -0.2) is 4.79 Å². The minimum absolute atomic E-state index is 0.445. The van der Waals surface area contributed by atoms with Gasteiger partial charge in [-0.15, -0.1) is 0 Å². The Morgan fingerprint density at radius 1 is 1.05 bits per heavy atom. The third kappa shape index (κ3) is 3.96. The Hall–Kier alpha value is -2.55. The summed E-state index contributed by atoms with van der Waals surface area (Å²) in [5.41, 5.74) is 2.80. The van der Waals surface area contributed by atoms with Gasteiger partial charge in [0.15, 0.2) is 0 Å². The molecular weight excluding hydrogens is 264 g/mol. The first-order valence-electron chi connectivity index (χ1n) is 6.83. The van der Waals surface area contributed by atoms with E-state index in [2.05, 4.69) is 13.5 Å². The van der Waals surface area contributed by atoms with Gasteiger partial charge < -0.3 is 9.47 Å². The molecule has 0 radical (unpaired) electrons. The number of para-hydroxylation sites is 1. The standard InChI is InChI=1S/C18H18O3/c1-4-14-9-11-15(12-10-14)20-18(19)21-17-8-6-5-7-16(17)13(2)3/h5-12H,2,4H2,1,3H3. The predicted octanol–water partition coefficient (Wildman–Crippen LogP) is 4.86. The molecular formula is C18H18O3. The molecule has 0 atom stereocenters. The van der Waals surface area contributed by atoms with E-state index in [-0.39, 0.29) is 0 Å². The van der Waals surface area contributed by atoms with Crippen molar-refractivity contribution < 1.29 is 14.3 Å². The first kappa shape index (κ1) is 14.9. The van der Waals surface area contributed by atoms with E-state index in [9.17, 15) is 4.79 Å². The molecule has 0 aromatic heterocycles. The lowest BCUT2D eigenvalue weighted by atomic mass is 10.1. The number of rotatable bonds is 4. The SMILES string of the molecule is C=C(C)c1ccccc1OC(=O)Oc1ccc(CC)cc1. The molecule has 0 saturated heterocycles. The van der Waals surface area contributed by atoms with Crippen molar-refractivity contribution in [1.82, 2.24) is 0 Å². The molecule has 0 aliphatic heterocycles. The van der Waals surface area contributed by atoms with Crippen LogP contribution in [-0.4, -0.2) is 6.16 Å². The van der Waals surface area contributed by atoms with Crippen molar-refractivity contribution in [3.63, 3.8) is 0 Å². The van der Waals surface area contributed by atoms with Crippen LogP contribution in [0.25, 0.3) is 5.57 Å². The van der Waals surface area contributed by atoms with Crippen LogP contribution in [0.4, 0.5) is 4.79 Å². The van der Waals surface area contributed by atoms with E-state index in [0.29, 0.717) is 11.5 Å². The molecule has 2 aromatic rings. The van der Waals surface area contributed by atoms with E-state index < -0.39 is 6.16 Å². The third-order valence-corrected chi connectivity index (χ3v) is 3.07. The average Bonchev–Trinajstić information content (AvgIpc) is 2.48. The fraction of sp³-hybridized carbons (Fsp3) is 0.167. The van der Waals surface area contributed by atoms with Crippen molar-refractivity contribution >= 4 is 11.7 Å². The van der Waals surface area contributed by atoms with Crippen LogP contribution in [0.1, 0.15) is 25.0 Å². The van der Waals surface area contributed by atoms with Gasteiger partial charge in [0.2, 0.25) is 0 Å². The summed E-state index contributed by atoms with van der Waals surface area (Å²) in [6.45, 7) is 7.79. The molecule has 108 valence electrons. The van der Waals surface area contributed by atoms with Crippen molar-refractivity contribution in [3.8, 4) is 11.5 Å². The first-order valence-corrected chi connectivity index (χ1v) is 6.83. The summed E-state index contributed by atoms with van der Waals surface area (Å²) >= 11 is 0. The fourth-order valence-electron chi connectivity index (χ4n) is 1.91. The van der Waals surface area contributed by atoms with Gasteiger partial charge in [0, 0.05) is 5.56 Å². The van der Waals surface area contributed by atoms with Crippen molar-refractivity contribution in [2.45, 2.75) is 20.3 Å². The second-order valence-corrected chi connectivity index (χ2v) is 4.73. The predicted molar refractivity (Wildman–Crippen MR) is 83.6 cm³/mol. The van der Waals surface area contributed by atoms with Crippen LogP contribution in [0.5, 0.6) is 11.5 Å². The van der Waals surface area contributed by atoms with Gasteiger partial charge in [-0.1, -0.05) is 43.8 Å². The van der Waals surface area contributed by atoms with Crippen LogP contribution < -0.4 is 9.47 Å². The normalized spacial score (nSPS) is 10.0. The molecule has 3 nitrogen and oxygen atoms in total. The van der Waals surface area contributed by atoms with Crippen LogP contribution in [0, 0.1) is 0 Å². The number of hydrogen-bond acceptors (Lipinski definition) is 3. The van der Waals surface area contributed by atoms with Gasteiger partial charge in [0.25, 0.3) is 0 Å². The summed E-state index contributed by atoms with van der Waals surface area (Å²) in [5.74, 6) is 0.908. The minimum atomic E-state index is -0.757. The largest absolute Gasteiger partial charge is 0.519 e. The molecule has 0 bridgehead atoms. The van der Waals surface area contributed by atoms with Gasteiger partial charge in [0.05, 0.1) is 0 Å². The summed E-state index contributed by atoms with van der Waals surface area (Å²) in [6.07, 6.45) is 0.185. The maximum absolute atomic E-state index is 11.8. The molecule has 0 amide bonds. The summed E-state index contributed by atoms with van der Waals surface area (Å²) in [7, 11) is 0. The van der Waals surface area contributed by atoms with Crippen LogP contribution >= 0.6 is 0 Å². The lowest BCUT2D eigenvalue weighted by Crippen LogP contribution is -2.14. The molecule has 21 heavy (non-hydrogen) atoms. The molecule has 0 spiro atoms. The van der Waals surface area contributed by atoms with E-state index in [4.69, 9.17) is 9.47 Å². The van der Waals surface area contributed by atoms with Crippen LogP contribution in [0.3, 0.4) is 0 Å². The van der Waals surface area contributed by atoms with Gasteiger partial charge in [-0.2, -0.15) is 0 Å². The zero-order chi connectivity index (χ0) is 15.2. The number of hydrogen-bond donors (Lipinski definition) is 0. The molecule has 0 heterocycles. The number of carbonyl (C=O) groups is 1. The van der Waals surface area contributed by atoms with Crippen molar-refractivity contribution in [2.24, 2.45) is 0 Å². The highest BCUT2D eigenvalue weighted by Crippen LogP contribution is 2.25. The minimum Gasteiger partial charge on any atom is -0.395 e. The number of carbonyl (C=O) groups excluding carboxylic acids is 1. The maximum Gasteiger partial charge on any atom is 0.519 e. The maximum atomic E-state index is 11.8. The molecule has 0 aliphatic carbocycles. The van der Waals surface area contributed by atoms with E-state index in [0.717, 1.165) is 17.6 Å². The number of aryl methyl sites for hydroxylation is 1. The molecule has 0 aliphatic rings. The van der Waals surface area contributed by atoms with Crippen molar-refractivity contribution in [1.29, 1.82) is 0 Å². The van der Waals surface area contributed by atoms with Gasteiger partial charge in [0.1, 0.15) is 11.5 Å². The second-order valence-electron chi connectivity index (χ2n) is 4.73. The first-order chi connectivity index (χ1) is 10.1. The molecule has 0 N–H and O–H groups in total. The van der Waals surface area contributed by atoms with Crippen molar-refractivity contribution in [3.05, 3.63) is 66.2 Å². The fourth-order valence-corrected chi connectivity index (χ4v) is 1.91. The Bertz CT molecular complexity index is 642. The van der Waals surface area contributed by atoms with Gasteiger partial charge in [-0.05, 0) is 42.7 Å². The summed E-state index contributed by atoms with van der Waals surface area (Å²) < 4.78 is 10.4. The highest BCUT2D eigenvalue weighted by molar-refractivity contribution is 5.73. The highest BCUT2D eigenvalue weighted by Gasteiger charge is 2.11. The van der Waals surface area contributed by atoms with Crippen LogP contribution in [0.15, 0.2) is 55.1 Å². The second kappa shape index (κ2) is 6.75. The molecule has 2 aromatic carbocycles. The number of ether oxygens (including phenoxy) is 2. The summed E-state index contributed by atoms with van der Waals surface area (Å²) in [5, 5.41) is 0. The zero-order valence-corrected chi connectivity index (χ0v) is 12.3. The summed E-state index contributed by atoms with van der Waals surface area (Å²) in [6, 6.07) is 14.6. The molecule has 0 saturated carbocycles. The van der Waals surface area contributed by atoms with Crippen molar-refractivity contribution in [2.75, 3.05) is 0 Å². The Morgan fingerprint density at radius 3 is 2.33 bits per heavy atom. The molecule has 0 unspecified atom stereocenters. The lowest BCUT2D eigenvalue weighted by Gasteiger charge is -2.10. The Labute approximate surface area is 124 Å². The smallest absolute Gasteiger partial charge is 0.395 e. The Balaban J connectivity index is 2.06. The monoisotopic (exact) mass is 282 g/mol. The highest BCUT2D eigenvalue weighted by atomic mass is 16.7. The topological polar surface area (TPSA) is 35.5 Å². The van der Waals surface area contributed by atoms with E-state index in [1.807, 2.05) is 31.2 Å². The van der Waals surface area contributed by atoms with Crippen LogP contribution in [0.2, 0.25) is 0 Å². The molecule has 2 rings (SSSR count). The van der Waals surface area contributed by atoms with E-state index >= 15 is 0 Å². The number of allylic oxidation sites excluding steroid dienone is 1. The Kier molecular flexibility index (Phi) is 4.77. The summed E-state index contributed by atoms with van der Waals surface area (Å²) in [4.78, 5) is 11.8. The molecule has 0 fully saturated rings. The zero-order valence-electron chi connectivity index (χ0n) is 12.3. The van der Waals surface area contributed by atoms with Crippen LogP contribution in [-0.2, 0) is 6.42 Å². The lowest BCUT2D eigenvalue weighted by molar-refractivity contribution is 0.151. The van der Waals surface area contributed by atoms with E-state index in [1.54, 1.807) is 24.3 Å². The average molecular weight is 282 g/mol. The van der Waals surface area contributed by atoms with Gasteiger partial charge in [-0.3, -0.25) is 0 Å². The number of benzene rings is 2. The van der Waals surface area contributed by atoms with E-state index in [1.165, 1.54) is 5.56 Å². The molecule has 3 heteroatoms. The van der Waals surface area contributed by atoms with Gasteiger partial charge >= 0.3 is 6.16 Å². The third-order valence-electron chi connectivity index (χ3n) is 3.07. The quantitative estimate of drug-likeness (QED) is 0.593.